The number of rotatable bonds is 6. The van der Waals surface area contributed by atoms with Gasteiger partial charge in [-0.25, -0.2) is 9.59 Å². The Labute approximate surface area is 217 Å². The third-order valence-corrected chi connectivity index (χ3v) is 7.51. The second-order valence-electron chi connectivity index (χ2n) is 10.6. The predicted molar refractivity (Wildman–Crippen MR) is 147 cm³/mol. The molecule has 4 N–H and O–H groups in total. The number of aliphatic carboxylic acids is 1. The molecular formula is C30H35N3O4. The van der Waals surface area contributed by atoms with Gasteiger partial charge in [0, 0.05) is 5.69 Å². The van der Waals surface area contributed by atoms with E-state index in [1.165, 1.54) is 0 Å². The lowest BCUT2D eigenvalue weighted by Gasteiger charge is -2.38. The Bertz CT molecular complexity index is 1340. The maximum Gasteiger partial charge on any atom is 0.326 e. The first-order chi connectivity index (χ1) is 17.6. The first kappa shape index (κ1) is 26.2. The van der Waals surface area contributed by atoms with E-state index in [0.717, 1.165) is 59.6 Å². The van der Waals surface area contributed by atoms with Crippen LogP contribution in [0.5, 0.6) is 0 Å². The molecule has 3 amide bonds. The van der Waals surface area contributed by atoms with Crippen molar-refractivity contribution in [1.29, 1.82) is 0 Å². The Morgan fingerprint density at radius 2 is 1.46 bits per heavy atom. The molecule has 0 spiro atoms. The summed E-state index contributed by atoms with van der Waals surface area (Å²) in [5, 5.41) is 20.2. The van der Waals surface area contributed by atoms with Crippen LogP contribution in [0.25, 0.3) is 10.8 Å². The van der Waals surface area contributed by atoms with E-state index in [9.17, 15) is 19.5 Å². The highest BCUT2D eigenvalue weighted by molar-refractivity contribution is 6.10. The summed E-state index contributed by atoms with van der Waals surface area (Å²) in [5.74, 6) is -1.57. The fourth-order valence-electron chi connectivity index (χ4n) is 5.57. The van der Waals surface area contributed by atoms with Crippen LogP contribution in [0.15, 0.2) is 48.5 Å². The Balaban J connectivity index is 1.65. The van der Waals surface area contributed by atoms with Crippen molar-refractivity contribution in [2.24, 2.45) is 5.41 Å². The quantitative estimate of drug-likeness (QED) is 0.307. The Hall–Kier alpha value is -3.87. The third-order valence-electron chi connectivity index (χ3n) is 7.51. The average Bonchev–Trinajstić information content (AvgIpc) is 2.84. The van der Waals surface area contributed by atoms with Crippen LogP contribution in [0.3, 0.4) is 0 Å². The molecule has 1 fully saturated rings. The van der Waals surface area contributed by atoms with E-state index >= 15 is 0 Å². The number of benzene rings is 3. The van der Waals surface area contributed by atoms with Gasteiger partial charge in [0.15, 0.2) is 0 Å². The fraction of sp³-hybridized carbons (Fsp3) is 0.367. The van der Waals surface area contributed by atoms with E-state index in [2.05, 4.69) is 16.0 Å². The molecule has 1 atom stereocenters. The summed E-state index contributed by atoms with van der Waals surface area (Å²) in [5.41, 5.74) is 3.71. The summed E-state index contributed by atoms with van der Waals surface area (Å²) in [7, 11) is 0. The van der Waals surface area contributed by atoms with E-state index in [-0.39, 0.29) is 5.56 Å². The highest BCUT2D eigenvalue weighted by atomic mass is 16.4. The zero-order valence-corrected chi connectivity index (χ0v) is 21.9. The van der Waals surface area contributed by atoms with Crippen molar-refractivity contribution in [3.05, 3.63) is 70.8 Å². The highest BCUT2D eigenvalue weighted by Crippen LogP contribution is 2.39. The summed E-state index contributed by atoms with van der Waals surface area (Å²) in [6, 6.07) is 13.5. The van der Waals surface area contributed by atoms with Gasteiger partial charge in [-0.05, 0) is 73.1 Å². The van der Waals surface area contributed by atoms with E-state index < -0.39 is 29.4 Å². The normalized spacial score (nSPS) is 15.6. The molecular weight excluding hydrogens is 466 g/mol. The van der Waals surface area contributed by atoms with Crippen molar-refractivity contribution in [2.45, 2.75) is 65.8 Å². The lowest BCUT2D eigenvalue weighted by atomic mass is 9.70. The summed E-state index contributed by atoms with van der Waals surface area (Å²) >= 11 is 0. The van der Waals surface area contributed by atoms with Crippen LogP contribution in [0.1, 0.15) is 66.1 Å². The molecule has 0 aliphatic heterocycles. The van der Waals surface area contributed by atoms with E-state index in [4.69, 9.17) is 0 Å². The molecule has 3 aromatic carbocycles. The van der Waals surface area contributed by atoms with Crippen LogP contribution >= 0.6 is 0 Å². The molecule has 1 saturated carbocycles. The summed E-state index contributed by atoms with van der Waals surface area (Å²) in [4.78, 5) is 38.9. The minimum absolute atomic E-state index is 0.219. The van der Waals surface area contributed by atoms with Crippen LogP contribution < -0.4 is 16.0 Å². The molecule has 194 valence electrons. The van der Waals surface area contributed by atoms with Gasteiger partial charge < -0.3 is 21.1 Å². The number of amides is 3. The minimum atomic E-state index is -1.05. The van der Waals surface area contributed by atoms with Crippen LogP contribution in [0, 0.1) is 26.2 Å². The van der Waals surface area contributed by atoms with Gasteiger partial charge in [0.25, 0.3) is 5.91 Å². The van der Waals surface area contributed by atoms with Gasteiger partial charge >= 0.3 is 12.0 Å². The van der Waals surface area contributed by atoms with Crippen LogP contribution in [0.2, 0.25) is 0 Å². The van der Waals surface area contributed by atoms with E-state index in [1.54, 1.807) is 12.1 Å². The Kier molecular flexibility index (Phi) is 7.52. The van der Waals surface area contributed by atoms with Crippen LogP contribution in [-0.2, 0) is 4.79 Å². The van der Waals surface area contributed by atoms with Crippen molar-refractivity contribution in [2.75, 3.05) is 10.6 Å². The van der Waals surface area contributed by atoms with Crippen LogP contribution in [0.4, 0.5) is 16.2 Å². The molecule has 0 bridgehead atoms. The average molecular weight is 502 g/mol. The Morgan fingerprint density at radius 3 is 2.05 bits per heavy atom. The molecule has 1 aliphatic rings. The topological polar surface area (TPSA) is 108 Å². The first-order valence-corrected chi connectivity index (χ1v) is 12.8. The molecule has 0 radical (unpaired) electrons. The largest absolute Gasteiger partial charge is 0.480 e. The summed E-state index contributed by atoms with van der Waals surface area (Å²) < 4.78 is 0. The van der Waals surface area contributed by atoms with Gasteiger partial charge in [-0.1, -0.05) is 68.1 Å². The van der Waals surface area contributed by atoms with Gasteiger partial charge in [0.1, 0.15) is 6.04 Å². The minimum Gasteiger partial charge on any atom is -0.480 e. The molecule has 1 aliphatic carbocycles. The smallest absolute Gasteiger partial charge is 0.326 e. The summed E-state index contributed by atoms with van der Waals surface area (Å²) in [6.45, 7) is 7.80. The number of carbonyl (C=O) groups excluding carboxylic acids is 2. The molecule has 0 aromatic heterocycles. The zero-order valence-electron chi connectivity index (χ0n) is 21.9. The number of anilines is 2. The second-order valence-corrected chi connectivity index (χ2v) is 10.6. The number of carbonyl (C=O) groups is 3. The molecule has 7 nitrogen and oxygen atoms in total. The fourth-order valence-corrected chi connectivity index (χ4v) is 5.57. The number of carboxylic acids is 1. The van der Waals surface area contributed by atoms with Gasteiger partial charge in [-0.3, -0.25) is 4.79 Å². The van der Waals surface area contributed by atoms with Crippen molar-refractivity contribution in [1.82, 2.24) is 5.32 Å². The zero-order chi connectivity index (χ0) is 26.7. The number of hydrogen-bond donors (Lipinski definition) is 4. The maximum atomic E-state index is 13.5. The maximum absolute atomic E-state index is 13.5. The molecule has 0 saturated heterocycles. The number of aryl methyl sites for hydroxylation is 3. The lowest BCUT2D eigenvalue weighted by molar-refractivity contribution is -0.143. The highest BCUT2D eigenvalue weighted by Gasteiger charge is 2.41. The second kappa shape index (κ2) is 10.6. The van der Waals surface area contributed by atoms with Crippen molar-refractivity contribution < 1.29 is 19.5 Å². The van der Waals surface area contributed by atoms with Gasteiger partial charge in [0.05, 0.1) is 11.3 Å². The first-order valence-electron chi connectivity index (χ1n) is 12.8. The van der Waals surface area contributed by atoms with Crippen LogP contribution in [-0.4, -0.2) is 29.1 Å². The molecule has 4 rings (SSSR count). The number of fused-ring (bicyclic) bond motifs is 1. The standard InChI is InChI=1S/C30H35N3O4/c1-18-14-19(2)25(20(3)15-18)32-29(37)31-24-17-22-11-7-6-10-21(22)16-23(24)27(34)33-26(28(35)36)30(4)12-8-5-9-13-30/h6-7,10-11,14-17,26H,5,8-9,12-13H2,1-4H3,(H,33,34)(H,35,36)(H2,31,32,37)/t26-/m1/s1. The molecule has 0 unspecified atom stereocenters. The molecule has 7 heteroatoms. The number of urea groups is 1. The Morgan fingerprint density at radius 1 is 0.865 bits per heavy atom. The van der Waals surface area contributed by atoms with Crippen molar-refractivity contribution in [3.63, 3.8) is 0 Å². The predicted octanol–water partition coefficient (Wildman–Crippen LogP) is 6.56. The van der Waals surface area contributed by atoms with Gasteiger partial charge in [0.2, 0.25) is 0 Å². The third kappa shape index (κ3) is 5.77. The summed E-state index contributed by atoms with van der Waals surface area (Å²) in [6.07, 6.45) is 4.44. The molecule has 3 aromatic rings. The number of hydrogen-bond acceptors (Lipinski definition) is 3. The monoisotopic (exact) mass is 501 g/mol. The SMILES string of the molecule is Cc1cc(C)c(NC(=O)Nc2cc3ccccc3cc2C(=O)N[C@H](C(=O)O)C2(C)CCCCC2)c(C)c1. The van der Waals surface area contributed by atoms with Crippen molar-refractivity contribution >= 4 is 40.1 Å². The number of nitrogens with one attached hydrogen (secondary N) is 3. The van der Waals surface area contributed by atoms with Crippen molar-refractivity contribution in [3.8, 4) is 0 Å². The van der Waals surface area contributed by atoms with Gasteiger partial charge in [-0.15, -0.1) is 0 Å². The van der Waals surface area contributed by atoms with E-state index in [0.29, 0.717) is 11.4 Å². The van der Waals surface area contributed by atoms with E-state index in [1.807, 2.05) is 64.1 Å². The molecule has 0 heterocycles. The number of carboxylic acid groups (broad SMARTS) is 1. The van der Waals surface area contributed by atoms with Gasteiger partial charge in [-0.2, -0.15) is 0 Å². The molecule has 37 heavy (non-hydrogen) atoms. The lowest BCUT2D eigenvalue weighted by Crippen LogP contribution is -2.52.